The van der Waals surface area contributed by atoms with Gasteiger partial charge in [0.1, 0.15) is 0 Å². The van der Waals surface area contributed by atoms with Gasteiger partial charge in [-0.2, -0.15) is 0 Å². The summed E-state index contributed by atoms with van der Waals surface area (Å²) in [7, 11) is 0. The summed E-state index contributed by atoms with van der Waals surface area (Å²) >= 11 is 0. The zero-order valence-electron chi connectivity index (χ0n) is 9.55. The number of hydrogen-bond donors (Lipinski definition) is 2. The highest BCUT2D eigenvalue weighted by molar-refractivity contribution is 5.94. The van der Waals surface area contributed by atoms with Gasteiger partial charge in [0, 0.05) is 18.2 Å². The summed E-state index contributed by atoms with van der Waals surface area (Å²) in [5.74, 6) is -4.65. The summed E-state index contributed by atoms with van der Waals surface area (Å²) in [5, 5.41) is 2.60. The third kappa shape index (κ3) is 2.64. The fraction of sp³-hybridized carbons (Fsp3) is 0.417. The van der Waals surface area contributed by atoms with Crippen LogP contribution in [0.5, 0.6) is 0 Å². The standard InChI is InChI=1S/C12H13F3N2O/c13-8-3-7(4-9(14)11(8)15)12(18)17-10(5-16)6-1-2-6/h3-4,6,10H,1-2,5,16H2,(H,17,18). The third-order valence-corrected chi connectivity index (χ3v) is 3.01. The number of carbonyl (C=O) groups is 1. The summed E-state index contributed by atoms with van der Waals surface area (Å²) in [6.45, 7) is 0.266. The van der Waals surface area contributed by atoms with Crippen molar-refractivity contribution in [1.29, 1.82) is 0 Å². The number of nitrogens with two attached hydrogens (primary N) is 1. The molecule has 0 saturated heterocycles. The highest BCUT2D eigenvalue weighted by atomic mass is 19.2. The molecule has 0 spiro atoms. The lowest BCUT2D eigenvalue weighted by atomic mass is 10.1. The van der Waals surface area contributed by atoms with E-state index >= 15 is 0 Å². The topological polar surface area (TPSA) is 55.1 Å². The first-order valence-electron chi connectivity index (χ1n) is 5.68. The van der Waals surface area contributed by atoms with Gasteiger partial charge >= 0.3 is 0 Å². The molecule has 3 nitrogen and oxygen atoms in total. The van der Waals surface area contributed by atoms with E-state index in [1.807, 2.05) is 0 Å². The van der Waals surface area contributed by atoms with Crippen LogP contribution < -0.4 is 11.1 Å². The molecular formula is C12H13F3N2O. The smallest absolute Gasteiger partial charge is 0.251 e. The molecule has 1 atom stereocenters. The fourth-order valence-corrected chi connectivity index (χ4v) is 1.81. The minimum atomic E-state index is -1.58. The fourth-order valence-electron chi connectivity index (χ4n) is 1.81. The van der Waals surface area contributed by atoms with Crippen LogP contribution in [-0.4, -0.2) is 18.5 Å². The molecule has 0 aromatic heterocycles. The van der Waals surface area contributed by atoms with E-state index in [1.165, 1.54) is 0 Å². The van der Waals surface area contributed by atoms with Crippen molar-refractivity contribution in [1.82, 2.24) is 5.32 Å². The van der Waals surface area contributed by atoms with Gasteiger partial charge in [-0.25, -0.2) is 13.2 Å². The van der Waals surface area contributed by atoms with Crippen molar-refractivity contribution in [3.8, 4) is 0 Å². The second-order valence-electron chi connectivity index (χ2n) is 4.41. The van der Waals surface area contributed by atoms with Crippen LogP contribution in [-0.2, 0) is 0 Å². The van der Waals surface area contributed by atoms with Crippen LogP contribution in [0.3, 0.4) is 0 Å². The zero-order chi connectivity index (χ0) is 13.3. The molecule has 1 fully saturated rings. The molecule has 1 unspecified atom stereocenters. The molecular weight excluding hydrogens is 245 g/mol. The van der Waals surface area contributed by atoms with E-state index in [4.69, 9.17) is 5.73 Å². The molecule has 0 aliphatic heterocycles. The minimum absolute atomic E-state index is 0.200. The molecule has 1 aliphatic carbocycles. The lowest BCUT2D eigenvalue weighted by Crippen LogP contribution is -2.41. The number of benzene rings is 1. The van der Waals surface area contributed by atoms with Crippen molar-refractivity contribution >= 4 is 5.91 Å². The summed E-state index contributed by atoms with van der Waals surface area (Å²) in [4.78, 5) is 11.7. The van der Waals surface area contributed by atoms with E-state index < -0.39 is 23.4 Å². The van der Waals surface area contributed by atoms with Gasteiger partial charge in [-0.3, -0.25) is 4.79 Å². The number of hydrogen-bond acceptors (Lipinski definition) is 2. The molecule has 1 aliphatic rings. The molecule has 1 aromatic carbocycles. The molecule has 1 amide bonds. The number of carbonyl (C=O) groups excluding carboxylic acids is 1. The van der Waals surface area contributed by atoms with E-state index in [0.29, 0.717) is 18.1 Å². The van der Waals surface area contributed by atoms with E-state index in [1.54, 1.807) is 0 Å². The highest BCUT2D eigenvalue weighted by Gasteiger charge is 2.31. The number of nitrogens with one attached hydrogen (secondary N) is 1. The van der Waals surface area contributed by atoms with Crippen molar-refractivity contribution in [2.24, 2.45) is 11.7 Å². The Morgan fingerprint density at radius 3 is 2.33 bits per heavy atom. The Labute approximate surface area is 102 Å². The van der Waals surface area contributed by atoms with Gasteiger partial charge in [0.15, 0.2) is 17.5 Å². The Kier molecular flexibility index (Phi) is 3.56. The molecule has 1 saturated carbocycles. The summed E-state index contributed by atoms with van der Waals surface area (Å²) in [6.07, 6.45) is 1.96. The number of amides is 1. The Morgan fingerprint density at radius 2 is 1.89 bits per heavy atom. The van der Waals surface area contributed by atoms with Crippen molar-refractivity contribution < 1.29 is 18.0 Å². The van der Waals surface area contributed by atoms with Crippen LogP contribution in [0.4, 0.5) is 13.2 Å². The monoisotopic (exact) mass is 258 g/mol. The molecule has 0 radical (unpaired) electrons. The normalized spacial score (nSPS) is 16.4. The predicted molar refractivity (Wildman–Crippen MR) is 59.3 cm³/mol. The maximum atomic E-state index is 13.0. The Morgan fingerprint density at radius 1 is 1.33 bits per heavy atom. The Hall–Kier alpha value is -1.56. The lowest BCUT2D eigenvalue weighted by Gasteiger charge is -2.16. The highest BCUT2D eigenvalue weighted by Crippen LogP contribution is 2.32. The van der Waals surface area contributed by atoms with Crippen LogP contribution in [0.2, 0.25) is 0 Å². The molecule has 0 bridgehead atoms. The summed E-state index contributed by atoms with van der Waals surface area (Å²) in [5.41, 5.74) is 5.26. The average molecular weight is 258 g/mol. The van der Waals surface area contributed by atoms with Gasteiger partial charge in [0.2, 0.25) is 0 Å². The minimum Gasteiger partial charge on any atom is -0.348 e. The maximum Gasteiger partial charge on any atom is 0.251 e. The second-order valence-corrected chi connectivity index (χ2v) is 4.41. The third-order valence-electron chi connectivity index (χ3n) is 3.01. The van der Waals surface area contributed by atoms with Crippen LogP contribution in [0.15, 0.2) is 12.1 Å². The zero-order valence-corrected chi connectivity index (χ0v) is 9.55. The Balaban J connectivity index is 2.13. The van der Waals surface area contributed by atoms with Crippen molar-refractivity contribution in [2.45, 2.75) is 18.9 Å². The first kappa shape index (κ1) is 12.9. The van der Waals surface area contributed by atoms with Crippen molar-refractivity contribution in [3.05, 3.63) is 35.1 Å². The van der Waals surface area contributed by atoms with Crippen LogP contribution in [0.25, 0.3) is 0 Å². The van der Waals surface area contributed by atoms with Crippen molar-refractivity contribution in [3.63, 3.8) is 0 Å². The average Bonchev–Trinajstić information content (AvgIpc) is 3.16. The van der Waals surface area contributed by atoms with Gasteiger partial charge in [-0.05, 0) is 30.9 Å². The summed E-state index contributed by atoms with van der Waals surface area (Å²) < 4.78 is 38.7. The molecule has 6 heteroatoms. The molecule has 0 heterocycles. The molecule has 18 heavy (non-hydrogen) atoms. The number of halogens is 3. The first-order chi connectivity index (χ1) is 8.52. The summed E-state index contributed by atoms with van der Waals surface area (Å²) in [6, 6.07) is 1.15. The van der Waals surface area contributed by atoms with E-state index in [2.05, 4.69) is 5.32 Å². The lowest BCUT2D eigenvalue weighted by molar-refractivity contribution is 0.0932. The van der Waals surface area contributed by atoms with Crippen LogP contribution in [0, 0.1) is 23.4 Å². The van der Waals surface area contributed by atoms with Gasteiger partial charge in [-0.1, -0.05) is 0 Å². The second kappa shape index (κ2) is 4.97. The molecule has 98 valence electrons. The SMILES string of the molecule is NCC(NC(=O)c1cc(F)c(F)c(F)c1)C1CC1. The van der Waals surface area contributed by atoms with Gasteiger partial charge < -0.3 is 11.1 Å². The number of rotatable bonds is 4. The van der Waals surface area contributed by atoms with Gasteiger partial charge in [0.05, 0.1) is 0 Å². The molecule has 2 rings (SSSR count). The van der Waals surface area contributed by atoms with Crippen LogP contribution in [0.1, 0.15) is 23.2 Å². The van der Waals surface area contributed by atoms with E-state index in [0.717, 1.165) is 12.8 Å². The quantitative estimate of drug-likeness (QED) is 0.805. The van der Waals surface area contributed by atoms with Crippen LogP contribution >= 0.6 is 0 Å². The molecule has 3 N–H and O–H groups in total. The predicted octanol–water partition coefficient (Wildman–Crippen LogP) is 1.57. The largest absolute Gasteiger partial charge is 0.348 e. The van der Waals surface area contributed by atoms with E-state index in [-0.39, 0.29) is 18.2 Å². The maximum absolute atomic E-state index is 13.0. The van der Waals surface area contributed by atoms with Gasteiger partial charge in [-0.15, -0.1) is 0 Å². The molecule has 1 aromatic rings. The first-order valence-corrected chi connectivity index (χ1v) is 5.68. The van der Waals surface area contributed by atoms with E-state index in [9.17, 15) is 18.0 Å². The van der Waals surface area contributed by atoms with Crippen molar-refractivity contribution in [2.75, 3.05) is 6.54 Å². The van der Waals surface area contributed by atoms with Gasteiger partial charge in [0.25, 0.3) is 5.91 Å². The Bertz CT molecular complexity index is 451.